The lowest BCUT2D eigenvalue weighted by molar-refractivity contribution is -0.136. The van der Waals surface area contributed by atoms with Crippen molar-refractivity contribution < 1.29 is 19.0 Å². The first-order chi connectivity index (χ1) is 9.24. The third kappa shape index (κ3) is 3.38. The largest absolute Gasteiger partial charge is 0.454 e. The van der Waals surface area contributed by atoms with Gasteiger partial charge in [-0.3, -0.25) is 4.79 Å². The Kier molecular flexibility index (Phi) is 4.63. The zero-order valence-electron chi connectivity index (χ0n) is 11.3. The van der Waals surface area contributed by atoms with Gasteiger partial charge in [0.15, 0.2) is 11.5 Å². The van der Waals surface area contributed by atoms with E-state index in [0.717, 1.165) is 17.1 Å². The molecule has 0 saturated heterocycles. The summed E-state index contributed by atoms with van der Waals surface area (Å²) < 4.78 is 15.7. The van der Waals surface area contributed by atoms with Gasteiger partial charge in [0.1, 0.15) is 6.61 Å². The van der Waals surface area contributed by atoms with Crippen LogP contribution in [0.1, 0.15) is 19.4 Å². The molecule has 1 heterocycles. The number of hydrogen-bond acceptors (Lipinski definition) is 4. The van der Waals surface area contributed by atoms with Gasteiger partial charge in [0.2, 0.25) is 12.7 Å². The van der Waals surface area contributed by atoms with E-state index in [1.165, 1.54) is 0 Å². The number of rotatable bonds is 6. The first-order valence-corrected chi connectivity index (χ1v) is 6.48. The summed E-state index contributed by atoms with van der Waals surface area (Å²) in [6, 6.07) is 5.74. The molecule has 1 aromatic rings. The number of amides is 1. The number of likely N-dealkylation sites (N-methyl/N-ethyl adjacent to an activating group) is 1. The predicted molar refractivity (Wildman–Crippen MR) is 70.1 cm³/mol. The normalized spacial score (nSPS) is 12.5. The Morgan fingerprint density at radius 1 is 1.32 bits per heavy atom. The number of carbonyl (C=O) groups excluding carboxylic acids is 1. The van der Waals surface area contributed by atoms with Gasteiger partial charge in [0.25, 0.3) is 0 Å². The van der Waals surface area contributed by atoms with Gasteiger partial charge in [-0.1, -0.05) is 6.07 Å². The molecule has 104 valence electrons. The van der Waals surface area contributed by atoms with Crippen molar-refractivity contribution in [3.8, 4) is 11.5 Å². The summed E-state index contributed by atoms with van der Waals surface area (Å²) in [5.74, 6) is 1.50. The van der Waals surface area contributed by atoms with Gasteiger partial charge < -0.3 is 19.1 Å². The maximum absolute atomic E-state index is 11.9. The molecule has 0 unspecified atom stereocenters. The second kappa shape index (κ2) is 6.43. The van der Waals surface area contributed by atoms with Crippen LogP contribution in [0.15, 0.2) is 18.2 Å². The second-order valence-corrected chi connectivity index (χ2v) is 4.23. The van der Waals surface area contributed by atoms with Crippen LogP contribution in [0.4, 0.5) is 0 Å². The van der Waals surface area contributed by atoms with E-state index in [2.05, 4.69) is 0 Å². The molecule has 0 aliphatic carbocycles. The fourth-order valence-electron chi connectivity index (χ4n) is 1.92. The van der Waals surface area contributed by atoms with Crippen molar-refractivity contribution in [3.05, 3.63) is 23.8 Å². The third-order valence-corrected chi connectivity index (χ3v) is 2.97. The molecule has 1 aliphatic heterocycles. The number of ether oxygens (including phenoxy) is 3. The number of fused-ring (bicyclic) bond motifs is 1. The Morgan fingerprint density at radius 3 is 2.84 bits per heavy atom. The van der Waals surface area contributed by atoms with Gasteiger partial charge in [-0.05, 0) is 31.5 Å². The van der Waals surface area contributed by atoms with Gasteiger partial charge in [-0.25, -0.2) is 0 Å². The molecule has 19 heavy (non-hydrogen) atoms. The highest BCUT2D eigenvalue weighted by molar-refractivity contribution is 5.77. The minimum atomic E-state index is 0.00187. The van der Waals surface area contributed by atoms with Gasteiger partial charge in [-0.15, -0.1) is 0 Å². The standard InChI is InChI=1S/C14H19NO4/c1-3-15(14(16)9-17-4-2)8-11-5-6-12-13(7-11)19-10-18-12/h5-7H,3-4,8-10H2,1-2H3. The molecule has 0 aromatic heterocycles. The molecule has 5 nitrogen and oxygen atoms in total. The molecule has 0 bridgehead atoms. The minimum absolute atomic E-state index is 0.00187. The van der Waals surface area contributed by atoms with E-state index in [-0.39, 0.29) is 19.3 Å². The summed E-state index contributed by atoms with van der Waals surface area (Å²) in [4.78, 5) is 13.7. The van der Waals surface area contributed by atoms with Crippen molar-refractivity contribution in [3.63, 3.8) is 0 Å². The van der Waals surface area contributed by atoms with Crippen LogP contribution in [0, 0.1) is 0 Å². The zero-order chi connectivity index (χ0) is 13.7. The maximum atomic E-state index is 11.9. The molecule has 0 saturated carbocycles. The van der Waals surface area contributed by atoms with Crippen molar-refractivity contribution in [2.24, 2.45) is 0 Å². The van der Waals surface area contributed by atoms with E-state index in [1.807, 2.05) is 32.0 Å². The highest BCUT2D eigenvalue weighted by atomic mass is 16.7. The lowest BCUT2D eigenvalue weighted by Crippen LogP contribution is -2.33. The summed E-state index contributed by atoms with van der Waals surface area (Å²) in [7, 11) is 0. The number of nitrogens with zero attached hydrogens (tertiary/aromatic N) is 1. The molecular weight excluding hydrogens is 246 g/mol. The van der Waals surface area contributed by atoms with E-state index in [1.54, 1.807) is 4.90 Å². The van der Waals surface area contributed by atoms with Crippen molar-refractivity contribution in [2.75, 3.05) is 26.6 Å². The molecule has 0 spiro atoms. The first kappa shape index (κ1) is 13.7. The van der Waals surface area contributed by atoms with E-state index in [4.69, 9.17) is 14.2 Å². The summed E-state index contributed by atoms with van der Waals surface area (Å²) in [5, 5.41) is 0. The van der Waals surface area contributed by atoms with Crippen LogP contribution in [-0.2, 0) is 16.1 Å². The topological polar surface area (TPSA) is 48.0 Å². The summed E-state index contributed by atoms with van der Waals surface area (Å²) in [5.41, 5.74) is 1.02. The lowest BCUT2D eigenvalue weighted by atomic mass is 10.2. The molecule has 5 heteroatoms. The summed E-state index contributed by atoms with van der Waals surface area (Å²) >= 11 is 0. The molecule has 0 atom stereocenters. The van der Waals surface area contributed by atoms with Crippen molar-refractivity contribution in [2.45, 2.75) is 20.4 Å². The SMILES string of the molecule is CCOCC(=O)N(CC)Cc1ccc2c(c1)OCO2. The molecule has 0 radical (unpaired) electrons. The Balaban J connectivity index is 2.00. The number of benzene rings is 1. The smallest absolute Gasteiger partial charge is 0.248 e. The van der Waals surface area contributed by atoms with E-state index >= 15 is 0 Å². The fourth-order valence-corrected chi connectivity index (χ4v) is 1.92. The molecule has 0 fully saturated rings. The molecule has 0 N–H and O–H groups in total. The van der Waals surface area contributed by atoms with Crippen LogP contribution in [0.25, 0.3) is 0 Å². The van der Waals surface area contributed by atoms with Crippen molar-refractivity contribution in [1.29, 1.82) is 0 Å². The van der Waals surface area contributed by atoms with Crippen LogP contribution in [0.5, 0.6) is 11.5 Å². The van der Waals surface area contributed by atoms with E-state index in [9.17, 15) is 4.79 Å². The van der Waals surface area contributed by atoms with Gasteiger partial charge in [0.05, 0.1) is 0 Å². The van der Waals surface area contributed by atoms with E-state index in [0.29, 0.717) is 19.7 Å². The Bertz CT molecular complexity index is 447. The zero-order valence-corrected chi connectivity index (χ0v) is 11.3. The molecule has 1 aliphatic rings. The van der Waals surface area contributed by atoms with Gasteiger partial charge >= 0.3 is 0 Å². The fraction of sp³-hybridized carbons (Fsp3) is 0.500. The maximum Gasteiger partial charge on any atom is 0.248 e. The minimum Gasteiger partial charge on any atom is -0.454 e. The van der Waals surface area contributed by atoms with Crippen LogP contribution in [0.2, 0.25) is 0 Å². The lowest BCUT2D eigenvalue weighted by Gasteiger charge is -2.21. The highest BCUT2D eigenvalue weighted by Crippen LogP contribution is 2.32. The quantitative estimate of drug-likeness (QED) is 0.787. The number of hydrogen-bond donors (Lipinski definition) is 0. The van der Waals surface area contributed by atoms with Crippen molar-refractivity contribution in [1.82, 2.24) is 4.90 Å². The molecular formula is C14H19NO4. The average Bonchev–Trinajstić information content (AvgIpc) is 2.89. The Hall–Kier alpha value is -1.75. The highest BCUT2D eigenvalue weighted by Gasteiger charge is 2.16. The molecule has 1 aromatic carbocycles. The first-order valence-electron chi connectivity index (χ1n) is 6.48. The summed E-state index contributed by atoms with van der Waals surface area (Å²) in [6.45, 7) is 5.99. The second-order valence-electron chi connectivity index (χ2n) is 4.23. The molecule has 2 rings (SSSR count). The third-order valence-electron chi connectivity index (χ3n) is 2.97. The monoisotopic (exact) mass is 265 g/mol. The number of carbonyl (C=O) groups is 1. The van der Waals surface area contributed by atoms with Crippen LogP contribution >= 0.6 is 0 Å². The van der Waals surface area contributed by atoms with Gasteiger partial charge in [-0.2, -0.15) is 0 Å². The van der Waals surface area contributed by atoms with Crippen molar-refractivity contribution >= 4 is 5.91 Å². The van der Waals surface area contributed by atoms with Gasteiger partial charge in [0, 0.05) is 19.7 Å². The molecule has 1 amide bonds. The predicted octanol–water partition coefficient (Wildman–Crippen LogP) is 1.80. The van der Waals surface area contributed by atoms with Crippen LogP contribution < -0.4 is 9.47 Å². The van der Waals surface area contributed by atoms with Crippen LogP contribution in [-0.4, -0.2) is 37.4 Å². The Labute approximate surface area is 113 Å². The van der Waals surface area contributed by atoms with E-state index < -0.39 is 0 Å². The average molecular weight is 265 g/mol. The van der Waals surface area contributed by atoms with Crippen LogP contribution in [0.3, 0.4) is 0 Å². The Morgan fingerprint density at radius 2 is 2.11 bits per heavy atom. The summed E-state index contributed by atoms with van der Waals surface area (Å²) in [6.07, 6.45) is 0.